The normalized spacial score (nSPS) is 49.1. The molecule has 7 heavy (non-hydrogen) atoms. The Hall–Kier alpha value is 0.690. The molecule has 0 saturated carbocycles. The van der Waals surface area contributed by atoms with E-state index in [0.717, 1.165) is 6.04 Å². The molecule has 0 aliphatic carbocycles. The van der Waals surface area contributed by atoms with Crippen LogP contribution in [0.4, 0.5) is 0 Å². The molecule has 1 nitrogen and oxygen atoms in total. The van der Waals surface area contributed by atoms with E-state index in [1.54, 1.807) is 4.43 Å². The van der Waals surface area contributed by atoms with Crippen LogP contribution in [0.15, 0.2) is 0 Å². The average Bonchev–Trinajstić information content (AvgIpc) is 2.41. The van der Waals surface area contributed by atoms with Gasteiger partial charge in [-0.15, -0.1) is 0 Å². The van der Waals surface area contributed by atoms with Crippen LogP contribution in [0.1, 0.15) is 12.8 Å². The molecule has 2 fully saturated rings. The van der Waals surface area contributed by atoms with Crippen molar-refractivity contribution < 1.29 is 21.5 Å². The molecule has 0 radical (unpaired) electrons. The van der Waals surface area contributed by atoms with Crippen molar-refractivity contribution in [1.29, 1.82) is 0 Å². The van der Waals surface area contributed by atoms with Crippen LogP contribution in [-0.2, 0) is 0 Å². The van der Waals surface area contributed by atoms with Gasteiger partial charge in [-0.3, -0.25) is 0 Å². The Kier molecular flexibility index (Phi) is 1.03. The molecule has 2 rings (SSSR count). The van der Waals surface area contributed by atoms with Gasteiger partial charge >= 0.3 is 54.4 Å². The first-order chi connectivity index (χ1) is 3.47. The Bertz CT molecular complexity index is 74.1. The van der Waals surface area contributed by atoms with E-state index in [1.807, 2.05) is 0 Å². The summed E-state index contributed by atoms with van der Waals surface area (Å²) in [6.45, 7) is 1.47. The predicted molar refractivity (Wildman–Crippen MR) is 24.6 cm³/mol. The van der Waals surface area contributed by atoms with E-state index in [1.165, 1.54) is 19.4 Å². The second kappa shape index (κ2) is 1.58. The standard InChI is InChI=1S/C5H9IN/c1-2-5-4-7(5)6-3-1/h5H,1-4H2/q-1/t5-,7?/m1/s1. The molecule has 2 aliphatic rings. The topological polar surface area (TPSA) is 3.01 Å². The Morgan fingerprint density at radius 1 is 1.57 bits per heavy atom. The molecule has 1 unspecified atom stereocenters. The zero-order valence-corrected chi connectivity index (χ0v) is 6.39. The minimum atomic E-state index is 0.559. The number of alkyl halides is 1. The predicted octanol–water partition coefficient (Wildman–Crippen LogP) is -2.53. The van der Waals surface area contributed by atoms with Crippen molar-refractivity contribution >= 4 is 0 Å². The maximum absolute atomic E-state index is 2.67. The van der Waals surface area contributed by atoms with Crippen LogP contribution in [0, 0.1) is 0 Å². The number of nitrogens with zero attached hydrogens (tertiary/aromatic N) is 1. The Morgan fingerprint density at radius 3 is 3.14 bits per heavy atom. The number of hydrogen-bond acceptors (Lipinski definition) is 1. The van der Waals surface area contributed by atoms with E-state index < -0.39 is 0 Å². The summed E-state index contributed by atoms with van der Waals surface area (Å²) in [6, 6.07) is 1.08. The monoisotopic (exact) mass is 210 g/mol. The molecule has 0 aromatic carbocycles. The van der Waals surface area contributed by atoms with Gasteiger partial charge in [0.2, 0.25) is 0 Å². The number of rotatable bonds is 0. The SMILES string of the molecule is C1C[I-]N2C[C@H]2C1. The third kappa shape index (κ3) is 0.785. The summed E-state index contributed by atoms with van der Waals surface area (Å²) in [7, 11) is 0. The average molecular weight is 210 g/mol. The van der Waals surface area contributed by atoms with Gasteiger partial charge in [-0.05, 0) is 0 Å². The molecule has 0 bridgehead atoms. The van der Waals surface area contributed by atoms with Crippen LogP contribution in [0.5, 0.6) is 0 Å². The summed E-state index contributed by atoms with van der Waals surface area (Å²) in [5, 5.41) is 0. The van der Waals surface area contributed by atoms with Gasteiger partial charge in [0.05, 0.1) is 0 Å². The third-order valence-corrected chi connectivity index (χ3v) is 4.86. The molecule has 0 aromatic heterocycles. The summed E-state index contributed by atoms with van der Waals surface area (Å²) in [5.41, 5.74) is 0. The van der Waals surface area contributed by atoms with E-state index in [4.69, 9.17) is 0 Å². The molecular formula is C5H9IN-. The van der Waals surface area contributed by atoms with Crippen LogP contribution in [0.25, 0.3) is 0 Å². The van der Waals surface area contributed by atoms with Crippen molar-refractivity contribution in [2.45, 2.75) is 18.9 Å². The summed E-state index contributed by atoms with van der Waals surface area (Å²) < 4.78 is 4.23. The van der Waals surface area contributed by atoms with Crippen molar-refractivity contribution in [2.24, 2.45) is 0 Å². The Labute approximate surface area is 54.7 Å². The second-order valence-corrected chi connectivity index (χ2v) is 5.19. The summed E-state index contributed by atoms with van der Waals surface area (Å²) in [5.74, 6) is 0. The molecule has 0 amide bonds. The zero-order valence-electron chi connectivity index (χ0n) is 4.23. The number of halogens is 1. The van der Waals surface area contributed by atoms with Crippen LogP contribution >= 0.6 is 0 Å². The fraction of sp³-hybridized carbons (Fsp3) is 1.00. The second-order valence-electron chi connectivity index (χ2n) is 2.19. The van der Waals surface area contributed by atoms with E-state index in [2.05, 4.69) is 3.11 Å². The number of fused-ring (bicyclic) bond motifs is 1. The van der Waals surface area contributed by atoms with Gasteiger partial charge in [0, 0.05) is 0 Å². The summed E-state index contributed by atoms with van der Waals surface area (Å²) in [4.78, 5) is 0. The third-order valence-electron chi connectivity index (χ3n) is 1.56. The summed E-state index contributed by atoms with van der Waals surface area (Å²) in [6.07, 6.45) is 3.05. The van der Waals surface area contributed by atoms with Crippen molar-refractivity contribution in [3.8, 4) is 0 Å². The Morgan fingerprint density at radius 2 is 2.57 bits per heavy atom. The molecular weight excluding hydrogens is 201 g/mol. The van der Waals surface area contributed by atoms with Gasteiger partial charge in [-0.1, -0.05) is 0 Å². The molecule has 2 heteroatoms. The van der Waals surface area contributed by atoms with Gasteiger partial charge in [-0.2, -0.15) is 0 Å². The van der Waals surface area contributed by atoms with Crippen LogP contribution in [0.2, 0.25) is 0 Å². The van der Waals surface area contributed by atoms with E-state index in [-0.39, 0.29) is 0 Å². The summed E-state index contributed by atoms with van der Waals surface area (Å²) >= 11 is 0.559. The first kappa shape index (κ1) is 4.56. The van der Waals surface area contributed by atoms with Crippen LogP contribution in [-0.4, -0.2) is 20.1 Å². The maximum atomic E-state index is 2.67. The fourth-order valence-corrected chi connectivity index (χ4v) is 3.98. The first-order valence-corrected chi connectivity index (χ1v) is 5.32. The quantitative estimate of drug-likeness (QED) is 0.184. The van der Waals surface area contributed by atoms with Crippen LogP contribution < -0.4 is 21.5 Å². The molecule has 2 saturated heterocycles. The van der Waals surface area contributed by atoms with Gasteiger partial charge in [0.1, 0.15) is 0 Å². The molecule has 0 N–H and O–H groups in total. The van der Waals surface area contributed by atoms with E-state index >= 15 is 0 Å². The van der Waals surface area contributed by atoms with Crippen LogP contribution in [0.3, 0.4) is 0 Å². The van der Waals surface area contributed by atoms with Gasteiger partial charge in [0.15, 0.2) is 0 Å². The first-order valence-electron chi connectivity index (χ1n) is 2.83. The van der Waals surface area contributed by atoms with E-state index in [9.17, 15) is 0 Å². The molecule has 2 atom stereocenters. The number of hydrogen-bond donors (Lipinski definition) is 0. The van der Waals surface area contributed by atoms with Crippen molar-refractivity contribution in [1.82, 2.24) is 3.11 Å². The molecule has 0 spiro atoms. The fourth-order valence-electron chi connectivity index (χ4n) is 1.01. The molecule has 2 heterocycles. The van der Waals surface area contributed by atoms with Crippen molar-refractivity contribution in [3.63, 3.8) is 0 Å². The molecule has 42 valence electrons. The van der Waals surface area contributed by atoms with E-state index in [0.29, 0.717) is 21.5 Å². The van der Waals surface area contributed by atoms with Crippen molar-refractivity contribution in [2.75, 3.05) is 11.0 Å². The van der Waals surface area contributed by atoms with Crippen molar-refractivity contribution in [3.05, 3.63) is 0 Å². The van der Waals surface area contributed by atoms with Gasteiger partial charge in [0.25, 0.3) is 0 Å². The van der Waals surface area contributed by atoms with Gasteiger partial charge in [-0.25, -0.2) is 0 Å². The van der Waals surface area contributed by atoms with Gasteiger partial charge < -0.3 is 0 Å². The zero-order chi connectivity index (χ0) is 4.69. The minimum absolute atomic E-state index is 0.559. The molecule has 2 aliphatic heterocycles. The molecule has 0 aromatic rings. The Balaban J connectivity index is 1.95.